The molecule has 1 unspecified atom stereocenters. The number of aromatic nitrogens is 2. The topological polar surface area (TPSA) is 74.2 Å². The smallest absolute Gasteiger partial charge is 0.258 e. The Hall–Kier alpha value is -1.24. The summed E-state index contributed by atoms with van der Waals surface area (Å²) in [6.45, 7) is 6.68. The second-order valence-electron chi connectivity index (χ2n) is 4.94. The fourth-order valence-electron chi connectivity index (χ4n) is 1.77. The van der Waals surface area contributed by atoms with Crippen molar-refractivity contribution in [3.8, 4) is 11.5 Å². The van der Waals surface area contributed by atoms with Gasteiger partial charge < -0.3 is 15.0 Å². The summed E-state index contributed by atoms with van der Waals surface area (Å²) in [4.78, 5) is 4.40. The molecule has 2 N–H and O–H groups in total. The average Bonchev–Trinajstić information content (AvgIpc) is 2.89. The quantitative estimate of drug-likeness (QED) is 0.906. The van der Waals surface area contributed by atoms with E-state index in [0.717, 1.165) is 15.6 Å². The van der Waals surface area contributed by atoms with Gasteiger partial charge >= 0.3 is 0 Å². The predicted molar refractivity (Wildman–Crippen MR) is 80.2 cm³/mol. The van der Waals surface area contributed by atoms with Crippen molar-refractivity contribution in [1.82, 2.24) is 10.1 Å². The Morgan fingerprint density at radius 2 is 2.20 bits per heavy atom. The first-order chi connectivity index (χ1) is 9.44. The summed E-state index contributed by atoms with van der Waals surface area (Å²) in [6.07, 6.45) is 0. The standard InChI is InChI=1S/C14H18BrN3O2/c1-4-19-8-14(3,16)13-17-12(20-18-13)11-7-10(15)6-5-9(11)2/h5-7H,4,8,16H2,1-3H3. The van der Waals surface area contributed by atoms with Gasteiger partial charge in [-0.2, -0.15) is 4.98 Å². The molecule has 0 bridgehead atoms. The summed E-state index contributed by atoms with van der Waals surface area (Å²) in [7, 11) is 0. The third kappa shape index (κ3) is 3.26. The number of ether oxygens (including phenoxy) is 1. The second kappa shape index (κ2) is 6.03. The highest BCUT2D eigenvalue weighted by Gasteiger charge is 2.28. The Kier molecular flexibility index (Phi) is 4.57. The van der Waals surface area contributed by atoms with Gasteiger partial charge in [0.2, 0.25) is 0 Å². The molecule has 0 aliphatic rings. The molecule has 2 aromatic rings. The van der Waals surface area contributed by atoms with E-state index in [9.17, 15) is 0 Å². The molecule has 2 rings (SSSR count). The lowest BCUT2D eigenvalue weighted by molar-refractivity contribution is 0.0962. The van der Waals surface area contributed by atoms with Crippen molar-refractivity contribution in [1.29, 1.82) is 0 Å². The average molecular weight is 340 g/mol. The zero-order chi connectivity index (χ0) is 14.8. The first kappa shape index (κ1) is 15.2. The number of hydrogen-bond acceptors (Lipinski definition) is 5. The summed E-state index contributed by atoms with van der Waals surface area (Å²) >= 11 is 3.44. The number of nitrogens with two attached hydrogens (primary N) is 1. The molecule has 0 aliphatic heterocycles. The van der Waals surface area contributed by atoms with E-state index < -0.39 is 5.54 Å². The second-order valence-corrected chi connectivity index (χ2v) is 5.85. The van der Waals surface area contributed by atoms with E-state index in [2.05, 4.69) is 26.1 Å². The van der Waals surface area contributed by atoms with Gasteiger partial charge in [0.1, 0.15) is 5.54 Å². The Morgan fingerprint density at radius 1 is 1.45 bits per heavy atom. The van der Waals surface area contributed by atoms with Crippen LogP contribution in [0.2, 0.25) is 0 Å². The Balaban J connectivity index is 2.31. The Labute approximate surface area is 126 Å². The van der Waals surface area contributed by atoms with Crippen LogP contribution in [0.4, 0.5) is 0 Å². The first-order valence-electron chi connectivity index (χ1n) is 6.41. The molecule has 1 aromatic heterocycles. The van der Waals surface area contributed by atoms with E-state index in [1.165, 1.54) is 0 Å². The number of aryl methyl sites for hydroxylation is 1. The van der Waals surface area contributed by atoms with E-state index in [1.807, 2.05) is 39.0 Å². The van der Waals surface area contributed by atoms with E-state index in [4.69, 9.17) is 15.0 Å². The molecule has 1 aromatic carbocycles. The predicted octanol–water partition coefficient (Wildman–Crippen LogP) is 3.02. The fourth-order valence-corrected chi connectivity index (χ4v) is 2.13. The molecule has 0 aliphatic carbocycles. The zero-order valence-corrected chi connectivity index (χ0v) is 13.4. The molecule has 0 amide bonds. The highest BCUT2D eigenvalue weighted by molar-refractivity contribution is 9.10. The summed E-state index contributed by atoms with van der Waals surface area (Å²) in [5.41, 5.74) is 7.35. The molecule has 6 heteroatoms. The van der Waals surface area contributed by atoms with Gasteiger partial charge in [0.25, 0.3) is 5.89 Å². The molecule has 0 radical (unpaired) electrons. The number of rotatable bonds is 5. The van der Waals surface area contributed by atoms with Crippen molar-refractivity contribution in [3.05, 3.63) is 34.1 Å². The zero-order valence-electron chi connectivity index (χ0n) is 11.8. The summed E-state index contributed by atoms with van der Waals surface area (Å²) in [5, 5.41) is 3.98. The third-order valence-electron chi connectivity index (χ3n) is 2.97. The summed E-state index contributed by atoms with van der Waals surface area (Å²) in [5.74, 6) is 0.910. The molecule has 1 atom stereocenters. The molecule has 0 spiro atoms. The maximum Gasteiger partial charge on any atom is 0.258 e. The van der Waals surface area contributed by atoms with Gasteiger partial charge in [-0.1, -0.05) is 27.2 Å². The summed E-state index contributed by atoms with van der Waals surface area (Å²) in [6, 6.07) is 5.91. The van der Waals surface area contributed by atoms with E-state index >= 15 is 0 Å². The van der Waals surface area contributed by atoms with Crippen molar-refractivity contribution in [2.45, 2.75) is 26.3 Å². The third-order valence-corrected chi connectivity index (χ3v) is 3.47. The van der Waals surface area contributed by atoms with Crippen LogP contribution in [0.3, 0.4) is 0 Å². The van der Waals surface area contributed by atoms with Gasteiger partial charge in [-0.25, -0.2) is 0 Å². The van der Waals surface area contributed by atoms with Gasteiger partial charge in [0.15, 0.2) is 5.82 Å². The van der Waals surface area contributed by atoms with Crippen LogP contribution < -0.4 is 5.73 Å². The summed E-state index contributed by atoms with van der Waals surface area (Å²) < 4.78 is 11.7. The minimum Gasteiger partial charge on any atom is -0.379 e. The van der Waals surface area contributed by atoms with Crippen LogP contribution in [0.1, 0.15) is 25.2 Å². The molecule has 1 heterocycles. The van der Waals surface area contributed by atoms with Gasteiger partial charge in [-0.05, 0) is 38.5 Å². The highest BCUT2D eigenvalue weighted by atomic mass is 79.9. The normalized spacial score (nSPS) is 14.2. The van der Waals surface area contributed by atoms with Crippen molar-refractivity contribution in [2.75, 3.05) is 13.2 Å². The van der Waals surface area contributed by atoms with Crippen LogP contribution in [0.25, 0.3) is 11.5 Å². The van der Waals surface area contributed by atoms with E-state index in [1.54, 1.807) is 0 Å². The van der Waals surface area contributed by atoms with Crippen LogP contribution in [-0.2, 0) is 10.3 Å². The van der Waals surface area contributed by atoms with Crippen molar-refractivity contribution < 1.29 is 9.26 Å². The Morgan fingerprint density at radius 3 is 2.90 bits per heavy atom. The van der Waals surface area contributed by atoms with Gasteiger partial charge in [0.05, 0.1) is 6.61 Å². The van der Waals surface area contributed by atoms with E-state index in [0.29, 0.717) is 24.9 Å². The van der Waals surface area contributed by atoms with Crippen LogP contribution >= 0.6 is 15.9 Å². The van der Waals surface area contributed by atoms with Crippen molar-refractivity contribution in [3.63, 3.8) is 0 Å². The lowest BCUT2D eigenvalue weighted by Crippen LogP contribution is -2.39. The highest BCUT2D eigenvalue weighted by Crippen LogP contribution is 2.27. The number of benzene rings is 1. The van der Waals surface area contributed by atoms with Gasteiger partial charge in [0, 0.05) is 16.6 Å². The minimum absolute atomic E-state index is 0.347. The molecule has 20 heavy (non-hydrogen) atoms. The molecule has 5 nitrogen and oxygen atoms in total. The van der Waals surface area contributed by atoms with Crippen molar-refractivity contribution >= 4 is 15.9 Å². The lowest BCUT2D eigenvalue weighted by atomic mass is 10.0. The van der Waals surface area contributed by atoms with Crippen LogP contribution in [0.5, 0.6) is 0 Å². The van der Waals surface area contributed by atoms with Gasteiger partial charge in [-0.3, -0.25) is 0 Å². The Bertz CT molecular complexity index is 596. The van der Waals surface area contributed by atoms with E-state index in [-0.39, 0.29) is 0 Å². The maximum absolute atomic E-state index is 6.16. The lowest BCUT2D eigenvalue weighted by Gasteiger charge is -2.19. The van der Waals surface area contributed by atoms with Crippen LogP contribution in [0, 0.1) is 6.92 Å². The first-order valence-corrected chi connectivity index (χ1v) is 7.20. The SMILES string of the molecule is CCOCC(C)(N)c1noc(-c2cc(Br)ccc2C)n1. The molecule has 0 saturated carbocycles. The molecule has 0 saturated heterocycles. The number of hydrogen-bond donors (Lipinski definition) is 1. The largest absolute Gasteiger partial charge is 0.379 e. The molecular formula is C14H18BrN3O2. The monoisotopic (exact) mass is 339 g/mol. The maximum atomic E-state index is 6.16. The van der Waals surface area contributed by atoms with Gasteiger partial charge in [-0.15, -0.1) is 0 Å². The molecule has 0 fully saturated rings. The number of halogens is 1. The van der Waals surface area contributed by atoms with Crippen LogP contribution in [-0.4, -0.2) is 23.4 Å². The van der Waals surface area contributed by atoms with Crippen LogP contribution in [0.15, 0.2) is 27.2 Å². The fraction of sp³-hybridized carbons (Fsp3) is 0.429. The molecular weight excluding hydrogens is 322 g/mol. The molecule has 108 valence electrons. The van der Waals surface area contributed by atoms with Crippen molar-refractivity contribution in [2.24, 2.45) is 5.73 Å². The number of nitrogens with zero attached hydrogens (tertiary/aromatic N) is 2. The minimum atomic E-state index is -0.766.